The minimum Gasteiger partial charge on any atom is -0.439 e. The SMILES string of the molecule is CC(C)NC(=O)N(Cc1c(-c2ccccc2)nn(C)c1Oc1cccc(F)c1)CC1CC1. The molecule has 0 radical (unpaired) electrons. The number of ether oxygens (including phenoxy) is 1. The van der Waals surface area contributed by atoms with Crippen molar-refractivity contribution >= 4 is 6.03 Å². The van der Waals surface area contributed by atoms with Crippen LogP contribution in [0.1, 0.15) is 32.3 Å². The van der Waals surface area contributed by atoms with Crippen LogP contribution in [0.15, 0.2) is 54.6 Å². The van der Waals surface area contributed by atoms with Crippen LogP contribution in [0.5, 0.6) is 11.6 Å². The number of carbonyl (C=O) groups excluding carboxylic acids is 1. The van der Waals surface area contributed by atoms with Crippen LogP contribution in [0, 0.1) is 11.7 Å². The quantitative estimate of drug-likeness (QED) is 0.518. The summed E-state index contributed by atoms with van der Waals surface area (Å²) in [4.78, 5) is 14.8. The Bertz CT molecular complexity index is 1080. The van der Waals surface area contributed by atoms with Gasteiger partial charge in [-0.15, -0.1) is 0 Å². The number of urea groups is 1. The predicted molar refractivity (Wildman–Crippen MR) is 122 cm³/mol. The first-order valence-corrected chi connectivity index (χ1v) is 11.0. The van der Waals surface area contributed by atoms with Gasteiger partial charge in [0.25, 0.3) is 0 Å². The van der Waals surface area contributed by atoms with Gasteiger partial charge in [0, 0.05) is 31.3 Å². The van der Waals surface area contributed by atoms with Crippen molar-refractivity contribution < 1.29 is 13.9 Å². The standard InChI is InChI=1S/C25H29FN4O2/c1-17(2)27-25(31)30(15-18-12-13-18)16-22-23(19-8-5-4-6-9-19)28-29(3)24(22)32-21-11-7-10-20(26)14-21/h4-11,14,17-18H,12-13,15-16H2,1-3H3,(H,27,31). The summed E-state index contributed by atoms with van der Waals surface area (Å²) < 4.78 is 21.5. The third kappa shape index (κ3) is 5.28. The Hall–Kier alpha value is -3.35. The van der Waals surface area contributed by atoms with E-state index in [-0.39, 0.29) is 17.9 Å². The molecule has 7 heteroatoms. The number of nitrogens with one attached hydrogen (secondary N) is 1. The Morgan fingerprint density at radius 1 is 1.22 bits per heavy atom. The molecule has 0 aliphatic heterocycles. The Morgan fingerprint density at radius 3 is 2.62 bits per heavy atom. The van der Waals surface area contributed by atoms with E-state index in [4.69, 9.17) is 9.84 Å². The van der Waals surface area contributed by atoms with Gasteiger partial charge in [-0.05, 0) is 44.7 Å². The van der Waals surface area contributed by atoms with Gasteiger partial charge in [-0.2, -0.15) is 5.10 Å². The summed E-state index contributed by atoms with van der Waals surface area (Å²) in [7, 11) is 1.80. The summed E-state index contributed by atoms with van der Waals surface area (Å²) in [5.74, 6) is 1.03. The number of halogens is 1. The molecule has 0 bridgehead atoms. The zero-order valence-corrected chi connectivity index (χ0v) is 18.7. The molecule has 1 aliphatic rings. The Morgan fingerprint density at radius 2 is 1.97 bits per heavy atom. The highest BCUT2D eigenvalue weighted by molar-refractivity contribution is 5.75. The first-order valence-electron chi connectivity index (χ1n) is 11.0. The lowest BCUT2D eigenvalue weighted by Crippen LogP contribution is -2.43. The number of benzene rings is 2. The molecule has 0 unspecified atom stereocenters. The van der Waals surface area contributed by atoms with Gasteiger partial charge in [0.2, 0.25) is 5.88 Å². The molecular weight excluding hydrogens is 407 g/mol. The number of carbonyl (C=O) groups is 1. The lowest BCUT2D eigenvalue weighted by atomic mass is 10.1. The van der Waals surface area contributed by atoms with Gasteiger partial charge in [-0.25, -0.2) is 13.9 Å². The fraction of sp³-hybridized carbons (Fsp3) is 0.360. The van der Waals surface area contributed by atoms with Crippen LogP contribution in [0.4, 0.5) is 9.18 Å². The smallest absolute Gasteiger partial charge is 0.317 e. The molecular formula is C25H29FN4O2. The summed E-state index contributed by atoms with van der Waals surface area (Å²) in [5, 5.41) is 7.72. The largest absolute Gasteiger partial charge is 0.439 e. The van der Waals surface area contributed by atoms with Crippen molar-refractivity contribution in [2.24, 2.45) is 13.0 Å². The first kappa shape index (κ1) is 21.9. The van der Waals surface area contributed by atoms with Crippen molar-refractivity contribution in [3.8, 4) is 22.9 Å². The van der Waals surface area contributed by atoms with Crippen molar-refractivity contribution in [3.05, 3.63) is 66.0 Å². The van der Waals surface area contributed by atoms with E-state index < -0.39 is 0 Å². The topological polar surface area (TPSA) is 59.4 Å². The molecule has 1 saturated carbocycles. The molecule has 4 rings (SSSR count). The summed E-state index contributed by atoms with van der Waals surface area (Å²) in [6, 6.07) is 15.8. The van der Waals surface area contributed by atoms with Gasteiger partial charge in [0.15, 0.2) is 0 Å². The third-order valence-electron chi connectivity index (χ3n) is 5.37. The molecule has 6 nitrogen and oxygen atoms in total. The zero-order chi connectivity index (χ0) is 22.7. The monoisotopic (exact) mass is 436 g/mol. The second-order valence-corrected chi connectivity index (χ2v) is 8.61. The molecule has 1 N–H and O–H groups in total. The second-order valence-electron chi connectivity index (χ2n) is 8.61. The first-order chi connectivity index (χ1) is 15.4. The van der Waals surface area contributed by atoms with E-state index in [1.54, 1.807) is 23.9 Å². The summed E-state index contributed by atoms with van der Waals surface area (Å²) in [5.41, 5.74) is 2.47. The number of aryl methyl sites for hydroxylation is 1. The molecule has 1 fully saturated rings. The fourth-order valence-electron chi connectivity index (χ4n) is 3.65. The molecule has 1 heterocycles. The molecule has 0 spiro atoms. The molecule has 3 aromatic rings. The van der Waals surface area contributed by atoms with E-state index in [9.17, 15) is 9.18 Å². The summed E-state index contributed by atoms with van der Waals surface area (Å²) >= 11 is 0. The van der Waals surface area contributed by atoms with E-state index >= 15 is 0 Å². The number of amides is 2. The lowest BCUT2D eigenvalue weighted by molar-refractivity contribution is 0.189. The van der Waals surface area contributed by atoms with E-state index in [2.05, 4.69) is 5.32 Å². The number of hydrogen-bond acceptors (Lipinski definition) is 3. The molecule has 0 saturated heterocycles. The highest BCUT2D eigenvalue weighted by Gasteiger charge is 2.30. The van der Waals surface area contributed by atoms with Gasteiger partial charge in [-0.1, -0.05) is 36.4 Å². The summed E-state index contributed by atoms with van der Waals surface area (Å²) in [6.45, 7) is 4.93. The van der Waals surface area contributed by atoms with E-state index in [1.807, 2.05) is 49.1 Å². The summed E-state index contributed by atoms with van der Waals surface area (Å²) in [6.07, 6.45) is 2.27. The second kappa shape index (κ2) is 9.42. The molecule has 168 valence electrons. The number of rotatable bonds is 8. The maximum Gasteiger partial charge on any atom is 0.317 e. The van der Waals surface area contributed by atoms with Crippen molar-refractivity contribution in [1.29, 1.82) is 0 Å². The lowest BCUT2D eigenvalue weighted by Gasteiger charge is -2.25. The molecule has 32 heavy (non-hydrogen) atoms. The van der Waals surface area contributed by atoms with Gasteiger partial charge < -0.3 is 15.0 Å². The average Bonchev–Trinajstić information content (AvgIpc) is 3.53. The van der Waals surface area contributed by atoms with Crippen LogP contribution < -0.4 is 10.1 Å². The molecule has 1 aromatic heterocycles. The Balaban J connectivity index is 1.73. The van der Waals surface area contributed by atoms with Crippen molar-refractivity contribution in [2.45, 2.75) is 39.3 Å². The van der Waals surface area contributed by atoms with Crippen LogP contribution in [0.3, 0.4) is 0 Å². The van der Waals surface area contributed by atoms with Crippen LogP contribution in [0.2, 0.25) is 0 Å². The molecule has 2 amide bonds. The van der Waals surface area contributed by atoms with Crippen LogP contribution in [-0.2, 0) is 13.6 Å². The fourth-order valence-corrected chi connectivity index (χ4v) is 3.65. The van der Waals surface area contributed by atoms with E-state index in [1.165, 1.54) is 12.1 Å². The van der Waals surface area contributed by atoms with Gasteiger partial charge in [-0.3, -0.25) is 0 Å². The zero-order valence-electron chi connectivity index (χ0n) is 18.7. The van der Waals surface area contributed by atoms with Gasteiger partial charge >= 0.3 is 6.03 Å². The molecule has 1 aliphatic carbocycles. The van der Waals surface area contributed by atoms with Crippen molar-refractivity contribution in [1.82, 2.24) is 20.0 Å². The van der Waals surface area contributed by atoms with E-state index in [0.717, 1.165) is 29.7 Å². The number of aromatic nitrogens is 2. The van der Waals surface area contributed by atoms with Crippen LogP contribution >= 0.6 is 0 Å². The normalized spacial score (nSPS) is 13.3. The Kier molecular flexibility index (Phi) is 6.44. The highest BCUT2D eigenvalue weighted by atomic mass is 19.1. The molecule has 0 atom stereocenters. The van der Waals surface area contributed by atoms with Crippen LogP contribution in [-0.4, -0.2) is 33.3 Å². The maximum absolute atomic E-state index is 13.8. The average molecular weight is 437 g/mol. The van der Waals surface area contributed by atoms with Gasteiger partial charge in [0.1, 0.15) is 17.3 Å². The minimum absolute atomic E-state index is 0.0368. The maximum atomic E-state index is 13.8. The number of hydrogen-bond donors (Lipinski definition) is 1. The molecule has 2 aromatic carbocycles. The van der Waals surface area contributed by atoms with Crippen LogP contribution in [0.25, 0.3) is 11.3 Å². The Labute approximate surface area is 188 Å². The highest BCUT2D eigenvalue weighted by Crippen LogP contribution is 2.36. The third-order valence-corrected chi connectivity index (χ3v) is 5.37. The van der Waals surface area contributed by atoms with Crippen molar-refractivity contribution in [2.75, 3.05) is 6.54 Å². The number of nitrogens with zero attached hydrogens (tertiary/aromatic N) is 3. The van der Waals surface area contributed by atoms with Crippen molar-refractivity contribution in [3.63, 3.8) is 0 Å². The van der Waals surface area contributed by atoms with E-state index in [0.29, 0.717) is 30.6 Å². The minimum atomic E-state index is -0.374. The predicted octanol–water partition coefficient (Wildman–Crippen LogP) is 5.35. The van der Waals surface area contributed by atoms with Gasteiger partial charge in [0.05, 0.1) is 12.1 Å².